The summed E-state index contributed by atoms with van der Waals surface area (Å²) in [5.41, 5.74) is 0. The van der Waals surface area contributed by atoms with Crippen LogP contribution in [0.3, 0.4) is 0 Å². The first-order valence-corrected chi connectivity index (χ1v) is 9.84. The zero-order valence-corrected chi connectivity index (χ0v) is 14.9. The lowest BCUT2D eigenvalue weighted by Gasteiger charge is -2.37. The van der Waals surface area contributed by atoms with Crippen molar-refractivity contribution < 1.29 is 14.0 Å². The third kappa shape index (κ3) is 3.75. The third-order valence-corrected chi connectivity index (χ3v) is 5.96. The molecule has 2 heterocycles. The molecule has 2 saturated carbocycles. The molecular formula is C20H28N2O3. The van der Waals surface area contributed by atoms with Gasteiger partial charge in [0.05, 0.1) is 18.7 Å². The lowest BCUT2D eigenvalue weighted by molar-refractivity contribution is -0.143. The SMILES string of the molecule is O=C(C1CC1)N1CCC[C@@H](C(=O)N(Cc2ccco2)C2CCCC2)C1. The van der Waals surface area contributed by atoms with Gasteiger partial charge in [-0.15, -0.1) is 0 Å². The van der Waals surface area contributed by atoms with E-state index in [2.05, 4.69) is 0 Å². The minimum Gasteiger partial charge on any atom is -0.467 e. The maximum atomic E-state index is 13.3. The molecule has 2 aliphatic carbocycles. The second-order valence-electron chi connectivity index (χ2n) is 7.88. The van der Waals surface area contributed by atoms with E-state index in [0.717, 1.165) is 50.8 Å². The molecule has 0 radical (unpaired) electrons. The van der Waals surface area contributed by atoms with Crippen molar-refractivity contribution in [2.45, 2.75) is 64.0 Å². The van der Waals surface area contributed by atoms with Gasteiger partial charge in [-0.3, -0.25) is 9.59 Å². The lowest BCUT2D eigenvalue weighted by atomic mass is 9.95. The highest BCUT2D eigenvalue weighted by Crippen LogP contribution is 2.33. The van der Waals surface area contributed by atoms with Gasteiger partial charge in [-0.25, -0.2) is 0 Å². The molecule has 1 aliphatic heterocycles. The minimum absolute atomic E-state index is 0.0491. The summed E-state index contributed by atoms with van der Waals surface area (Å²) in [5.74, 6) is 1.53. The second kappa shape index (κ2) is 7.22. The van der Waals surface area contributed by atoms with E-state index < -0.39 is 0 Å². The Morgan fingerprint density at radius 2 is 1.88 bits per heavy atom. The second-order valence-corrected chi connectivity index (χ2v) is 7.88. The molecule has 1 saturated heterocycles. The first-order valence-electron chi connectivity index (χ1n) is 9.84. The number of rotatable bonds is 5. The van der Waals surface area contributed by atoms with Crippen LogP contribution in [0, 0.1) is 11.8 Å². The fourth-order valence-electron chi connectivity index (χ4n) is 4.38. The van der Waals surface area contributed by atoms with E-state index in [1.54, 1.807) is 6.26 Å². The van der Waals surface area contributed by atoms with Crippen LogP contribution in [-0.4, -0.2) is 40.7 Å². The lowest BCUT2D eigenvalue weighted by Crippen LogP contribution is -2.49. The van der Waals surface area contributed by atoms with Gasteiger partial charge < -0.3 is 14.2 Å². The van der Waals surface area contributed by atoms with Gasteiger partial charge in [0.1, 0.15) is 5.76 Å². The number of hydrogen-bond donors (Lipinski definition) is 0. The van der Waals surface area contributed by atoms with Crippen LogP contribution in [0.4, 0.5) is 0 Å². The van der Waals surface area contributed by atoms with Crippen molar-refractivity contribution in [2.75, 3.05) is 13.1 Å². The van der Waals surface area contributed by atoms with Crippen molar-refractivity contribution in [3.05, 3.63) is 24.2 Å². The summed E-state index contributed by atoms with van der Waals surface area (Å²) in [4.78, 5) is 29.7. The maximum Gasteiger partial charge on any atom is 0.228 e. The molecule has 0 spiro atoms. The summed E-state index contributed by atoms with van der Waals surface area (Å²) in [6.07, 6.45) is 10.1. The molecule has 3 fully saturated rings. The first-order chi connectivity index (χ1) is 12.2. The first kappa shape index (κ1) is 16.7. The van der Waals surface area contributed by atoms with E-state index in [1.807, 2.05) is 21.9 Å². The summed E-state index contributed by atoms with van der Waals surface area (Å²) >= 11 is 0. The van der Waals surface area contributed by atoms with E-state index in [1.165, 1.54) is 12.8 Å². The van der Waals surface area contributed by atoms with E-state index in [-0.39, 0.29) is 23.7 Å². The topological polar surface area (TPSA) is 53.8 Å². The normalized spacial score (nSPS) is 24.5. The maximum absolute atomic E-state index is 13.3. The third-order valence-electron chi connectivity index (χ3n) is 5.96. The van der Waals surface area contributed by atoms with Gasteiger partial charge in [-0.2, -0.15) is 0 Å². The van der Waals surface area contributed by atoms with Gasteiger partial charge in [0.2, 0.25) is 11.8 Å². The van der Waals surface area contributed by atoms with Crippen LogP contribution in [0.1, 0.15) is 57.1 Å². The average Bonchev–Trinajstić information content (AvgIpc) is 3.11. The Hall–Kier alpha value is -1.78. The predicted molar refractivity (Wildman–Crippen MR) is 93.5 cm³/mol. The summed E-state index contributed by atoms with van der Waals surface area (Å²) in [6.45, 7) is 1.99. The van der Waals surface area contributed by atoms with Crippen molar-refractivity contribution in [1.82, 2.24) is 9.80 Å². The van der Waals surface area contributed by atoms with Crippen LogP contribution in [0.25, 0.3) is 0 Å². The fourth-order valence-corrected chi connectivity index (χ4v) is 4.38. The van der Waals surface area contributed by atoms with Crippen molar-refractivity contribution in [3.8, 4) is 0 Å². The molecule has 2 amide bonds. The van der Waals surface area contributed by atoms with Crippen LogP contribution in [-0.2, 0) is 16.1 Å². The number of likely N-dealkylation sites (tertiary alicyclic amines) is 1. The van der Waals surface area contributed by atoms with Gasteiger partial charge in [0.25, 0.3) is 0 Å². The summed E-state index contributed by atoms with van der Waals surface area (Å²) in [6, 6.07) is 4.15. The molecule has 1 atom stereocenters. The number of hydrogen-bond acceptors (Lipinski definition) is 3. The Labute approximate surface area is 149 Å². The van der Waals surface area contributed by atoms with Crippen LogP contribution in [0.15, 0.2) is 22.8 Å². The number of carbonyl (C=O) groups is 2. The number of amides is 2. The molecule has 0 N–H and O–H groups in total. The zero-order chi connectivity index (χ0) is 17.2. The molecule has 0 unspecified atom stereocenters. The number of piperidine rings is 1. The van der Waals surface area contributed by atoms with Gasteiger partial charge in [-0.05, 0) is 50.7 Å². The molecule has 5 heteroatoms. The standard InChI is InChI=1S/C20H28N2O3/c23-19(15-9-10-15)21-11-3-5-16(13-21)20(24)22(17-6-1-2-7-17)14-18-8-4-12-25-18/h4,8,12,15-17H,1-3,5-7,9-11,13-14H2/t16-/m1/s1. The smallest absolute Gasteiger partial charge is 0.228 e. The summed E-state index contributed by atoms with van der Waals surface area (Å²) in [7, 11) is 0. The van der Waals surface area contributed by atoms with Crippen molar-refractivity contribution in [2.24, 2.45) is 11.8 Å². The van der Waals surface area contributed by atoms with Gasteiger partial charge in [-0.1, -0.05) is 12.8 Å². The predicted octanol–water partition coefficient (Wildman–Crippen LogP) is 3.20. The van der Waals surface area contributed by atoms with Crippen LogP contribution >= 0.6 is 0 Å². The van der Waals surface area contributed by atoms with E-state index in [9.17, 15) is 9.59 Å². The van der Waals surface area contributed by atoms with Crippen LogP contribution in [0.5, 0.6) is 0 Å². The number of furan rings is 1. The average molecular weight is 344 g/mol. The van der Waals surface area contributed by atoms with E-state index >= 15 is 0 Å². The molecule has 1 aromatic rings. The van der Waals surface area contributed by atoms with E-state index in [4.69, 9.17) is 4.42 Å². The van der Waals surface area contributed by atoms with E-state index in [0.29, 0.717) is 19.1 Å². The number of carbonyl (C=O) groups excluding carboxylic acids is 2. The van der Waals surface area contributed by atoms with Gasteiger partial charge in [0, 0.05) is 25.0 Å². The fraction of sp³-hybridized carbons (Fsp3) is 0.700. The highest BCUT2D eigenvalue weighted by atomic mass is 16.3. The Balaban J connectivity index is 1.45. The van der Waals surface area contributed by atoms with Gasteiger partial charge >= 0.3 is 0 Å². The minimum atomic E-state index is -0.0491. The Kier molecular flexibility index (Phi) is 4.82. The Morgan fingerprint density at radius 1 is 1.08 bits per heavy atom. The monoisotopic (exact) mass is 344 g/mol. The number of nitrogens with zero attached hydrogens (tertiary/aromatic N) is 2. The summed E-state index contributed by atoms with van der Waals surface area (Å²) < 4.78 is 5.50. The molecule has 1 aromatic heterocycles. The largest absolute Gasteiger partial charge is 0.467 e. The molecule has 136 valence electrons. The Morgan fingerprint density at radius 3 is 2.56 bits per heavy atom. The molecular weight excluding hydrogens is 316 g/mol. The highest BCUT2D eigenvalue weighted by molar-refractivity contribution is 5.83. The van der Waals surface area contributed by atoms with Crippen molar-refractivity contribution in [3.63, 3.8) is 0 Å². The zero-order valence-electron chi connectivity index (χ0n) is 14.9. The highest BCUT2D eigenvalue weighted by Gasteiger charge is 2.39. The van der Waals surface area contributed by atoms with Crippen molar-refractivity contribution in [1.29, 1.82) is 0 Å². The molecule has 25 heavy (non-hydrogen) atoms. The van der Waals surface area contributed by atoms with Crippen LogP contribution in [0.2, 0.25) is 0 Å². The molecule has 4 rings (SSSR count). The Bertz CT molecular complexity index is 602. The molecule has 0 bridgehead atoms. The van der Waals surface area contributed by atoms with Gasteiger partial charge in [0.15, 0.2) is 0 Å². The molecule has 5 nitrogen and oxygen atoms in total. The molecule has 0 aromatic carbocycles. The van der Waals surface area contributed by atoms with Crippen molar-refractivity contribution >= 4 is 11.8 Å². The molecule has 3 aliphatic rings. The summed E-state index contributed by atoms with van der Waals surface area (Å²) in [5, 5.41) is 0. The van der Waals surface area contributed by atoms with Crippen LogP contribution < -0.4 is 0 Å². The quantitative estimate of drug-likeness (QED) is 0.824.